The van der Waals surface area contributed by atoms with Gasteiger partial charge in [-0.25, -0.2) is 5.43 Å². The molecule has 2 N–H and O–H groups in total. The van der Waals surface area contributed by atoms with E-state index in [-0.39, 0.29) is 17.2 Å². The van der Waals surface area contributed by atoms with Crippen molar-refractivity contribution in [2.24, 2.45) is 5.10 Å². The second kappa shape index (κ2) is 7.30. The number of methoxy groups -OCH3 is 2. The number of aromatic nitrogens is 4. The van der Waals surface area contributed by atoms with Crippen molar-refractivity contribution in [2.75, 3.05) is 19.6 Å². The number of tetrazole rings is 1. The molecule has 0 radical (unpaired) electrons. The molecule has 0 bridgehead atoms. The fourth-order valence-corrected chi connectivity index (χ4v) is 2.15. The first-order valence-electron chi connectivity index (χ1n) is 7.31. The third kappa shape index (κ3) is 3.50. The van der Waals surface area contributed by atoms with E-state index in [9.17, 15) is 5.11 Å². The fourth-order valence-electron chi connectivity index (χ4n) is 2.15. The maximum Gasteiger partial charge on any atom is 0.268 e. The number of hydrogen-bond donors (Lipinski definition) is 2. The van der Waals surface area contributed by atoms with Gasteiger partial charge in [0.2, 0.25) is 5.75 Å². The third-order valence-corrected chi connectivity index (χ3v) is 3.35. The maximum atomic E-state index is 9.91. The molecule has 1 aromatic heterocycles. The second-order valence-electron chi connectivity index (χ2n) is 4.89. The molecule has 25 heavy (non-hydrogen) atoms. The van der Waals surface area contributed by atoms with Crippen LogP contribution in [-0.2, 0) is 0 Å². The van der Waals surface area contributed by atoms with Gasteiger partial charge in [0, 0.05) is 5.56 Å². The molecular formula is C16H16N6O3. The Bertz CT molecular complexity index is 854. The van der Waals surface area contributed by atoms with Crippen LogP contribution in [0.5, 0.6) is 17.2 Å². The summed E-state index contributed by atoms with van der Waals surface area (Å²) in [5.74, 6) is 0.869. The molecule has 0 amide bonds. The standard InChI is InChI=1S/C16H16N6O3/c1-24-13-8-11(9-14(25-2)15(13)23)10-17-18-16-19-20-21-22(16)12-6-4-3-5-7-12/h3-10,23H,1-2H3,(H,18,19,21)/b17-10-. The number of para-hydroxylation sites is 1. The zero-order valence-electron chi connectivity index (χ0n) is 13.6. The van der Waals surface area contributed by atoms with Crippen molar-refractivity contribution in [2.45, 2.75) is 0 Å². The van der Waals surface area contributed by atoms with E-state index in [1.54, 1.807) is 12.1 Å². The van der Waals surface area contributed by atoms with Crippen molar-refractivity contribution in [3.8, 4) is 22.9 Å². The number of ether oxygens (including phenoxy) is 2. The number of phenols is 1. The number of benzene rings is 2. The van der Waals surface area contributed by atoms with Crippen LogP contribution in [0.25, 0.3) is 5.69 Å². The monoisotopic (exact) mass is 340 g/mol. The molecule has 0 unspecified atom stereocenters. The summed E-state index contributed by atoms with van der Waals surface area (Å²) in [6.07, 6.45) is 1.54. The van der Waals surface area contributed by atoms with Crippen molar-refractivity contribution in [1.29, 1.82) is 0 Å². The normalized spacial score (nSPS) is 10.8. The van der Waals surface area contributed by atoms with Gasteiger partial charge in [0.05, 0.1) is 26.1 Å². The SMILES string of the molecule is COc1cc(/C=N\Nc2nnnn2-c2ccccc2)cc(OC)c1O. The summed E-state index contributed by atoms with van der Waals surface area (Å²) in [4.78, 5) is 0. The Morgan fingerprint density at radius 3 is 2.44 bits per heavy atom. The number of nitrogens with one attached hydrogen (secondary N) is 1. The van der Waals surface area contributed by atoms with E-state index < -0.39 is 0 Å². The number of hydrogen-bond acceptors (Lipinski definition) is 8. The van der Waals surface area contributed by atoms with Gasteiger partial charge in [-0.2, -0.15) is 9.78 Å². The lowest BCUT2D eigenvalue weighted by atomic mass is 10.2. The van der Waals surface area contributed by atoms with Gasteiger partial charge < -0.3 is 14.6 Å². The summed E-state index contributed by atoms with van der Waals surface area (Å²) in [7, 11) is 2.92. The molecule has 0 aliphatic rings. The van der Waals surface area contributed by atoms with Gasteiger partial charge in [-0.1, -0.05) is 23.3 Å². The Balaban J connectivity index is 1.80. The zero-order chi connectivity index (χ0) is 17.6. The van der Waals surface area contributed by atoms with E-state index in [1.165, 1.54) is 25.1 Å². The molecule has 9 heteroatoms. The molecule has 9 nitrogen and oxygen atoms in total. The van der Waals surface area contributed by atoms with Crippen LogP contribution in [0.2, 0.25) is 0 Å². The molecule has 3 aromatic rings. The molecule has 0 saturated heterocycles. The highest BCUT2D eigenvalue weighted by Gasteiger charge is 2.10. The van der Waals surface area contributed by atoms with Crippen LogP contribution in [0.1, 0.15) is 5.56 Å². The highest BCUT2D eigenvalue weighted by molar-refractivity contribution is 5.82. The summed E-state index contributed by atoms with van der Waals surface area (Å²) < 4.78 is 11.7. The van der Waals surface area contributed by atoms with E-state index in [4.69, 9.17) is 9.47 Å². The lowest BCUT2D eigenvalue weighted by Gasteiger charge is -2.09. The van der Waals surface area contributed by atoms with Crippen molar-refractivity contribution in [3.63, 3.8) is 0 Å². The molecule has 0 aliphatic heterocycles. The number of nitrogens with zero attached hydrogens (tertiary/aromatic N) is 5. The number of hydrazone groups is 1. The average molecular weight is 340 g/mol. The topological polar surface area (TPSA) is 107 Å². The van der Waals surface area contributed by atoms with E-state index in [2.05, 4.69) is 26.1 Å². The van der Waals surface area contributed by atoms with Crippen molar-refractivity contribution in [3.05, 3.63) is 48.0 Å². The van der Waals surface area contributed by atoms with Gasteiger partial charge in [0.15, 0.2) is 11.5 Å². The van der Waals surface area contributed by atoms with Crippen LogP contribution in [0.15, 0.2) is 47.6 Å². The Hall–Kier alpha value is -3.62. The van der Waals surface area contributed by atoms with Crippen LogP contribution in [0, 0.1) is 0 Å². The van der Waals surface area contributed by atoms with Gasteiger partial charge in [-0.15, -0.1) is 0 Å². The van der Waals surface area contributed by atoms with Gasteiger partial charge in [-0.3, -0.25) is 0 Å². The minimum atomic E-state index is -0.0665. The van der Waals surface area contributed by atoms with Crippen LogP contribution < -0.4 is 14.9 Å². The highest BCUT2D eigenvalue weighted by atomic mass is 16.5. The summed E-state index contributed by atoms with van der Waals surface area (Å²) in [5, 5.41) is 25.5. The fraction of sp³-hybridized carbons (Fsp3) is 0.125. The van der Waals surface area contributed by atoms with Crippen molar-refractivity contribution >= 4 is 12.2 Å². The van der Waals surface area contributed by atoms with Gasteiger partial charge in [0.25, 0.3) is 5.95 Å². The van der Waals surface area contributed by atoms with E-state index in [1.807, 2.05) is 30.3 Å². The Morgan fingerprint density at radius 2 is 1.80 bits per heavy atom. The smallest absolute Gasteiger partial charge is 0.268 e. The van der Waals surface area contributed by atoms with Crippen LogP contribution >= 0.6 is 0 Å². The third-order valence-electron chi connectivity index (χ3n) is 3.35. The zero-order valence-corrected chi connectivity index (χ0v) is 13.6. The first-order valence-corrected chi connectivity index (χ1v) is 7.31. The second-order valence-corrected chi connectivity index (χ2v) is 4.89. The predicted octanol–water partition coefficient (Wildman–Crippen LogP) is 1.83. The highest BCUT2D eigenvalue weighted by Crippen LogP contribution is 2.36. The first-order chi connectivity index (χ1) is 12.2. The molecule has 1 heterocycles. The summed E-state index contributed by atoms with van der Waals surface area (Å²) >= 11 is 0. The first kappa shape index (κ1) is 16.2. The van der Waals surface area contributed by atoms with Crippen LogP contribution in [0.3, 0.4) is 0 Å². The van der Waals surface area contributed by atoms with Gasteiger partial charge in [0.1, 0.15) is 0 Å². The molecule has 2 aromatic carbocycles. The molecule has 0 fully saturated rings. The Kier molecular flexibility index (Phi) is 4.74. The van der Waals surface area contributed by atoms with Crippen molar-refractivity contribution < 1.29 is 14.6 Å². The predicted molar refractivity (Wildman–Crippen MR) is 91.6 cm³/mol. The number of anilines is 1. The molecule has 0 saturated carbocycles. The minimum absolute atomic E-state index is 0.0665. The lowest BCUT2D eigenvalue weighted by Crippen LogP contribution is -2.03. The number of aromatic hydroxyl groups is 1. The van der Waals surface area contributed by atoms with Gasteiger partial charge in [-0.05, 0) is 34.7 Å². The number of rotatable bonds is 6. The Labute approximate surface area is 143 Å². The molecule has 3 rings (SSSR count). The molecular weight excluding hydrogens is 324 g/mol. The molecule has 0 aliphatic carbocycles. The Morgan fingerprint density at radius 1 is 1.12 bits per heavy atom. The largest absolute Gasteiger partial charge is 0.502 e. The number of phenolic OH excluding ortho intramolecular Hbond substituents is 1. The van der Waals surface area contributed by atoms with E-state index in [0.29, 0.717) is 11.5 Å². The molecule has 0 atom stereocenters. The van der Waals surface area contributed by atoms with Crippen molar-refractivity contribution in [1.82, 2.24) is 20.2 Å². The van der Waals surface area contributed by atoms with Gasteiger partial charge >= 0.3 is 0 Å². The average Bonchev–Trinajstić information content (AvgIpc) is 3.12. The molecule has 128 valence electrons. The van der Waals surface area contributed by atoms with E-state index in [0.717, 1.165) is 5.69 Å². The molecule has 0 spiro atoms. The summed E-state index contributed by atoms with van der Waals surface area (Å²) in [5.41, 5.74) is 4.25. The van der Waals surface area contributed by atoms with Crippen LogP contribution in [0.4, 0.5) is 5.95 Å². The van der Waals surface area contributed by atoms with Crippen LogP contribution in [-0.4, -0.2) is 45.7 Å². The quantitative estimate of drug-likeness (QED) is 0.521. The summed E-state index contributed by atoms with van der Waals surface area (Å²) in [6.45, 7) is 0. The summed E-state index contributed by atoms with van der Waals surface area (Å²) in [6, 6.07) is 12.7. The minimum Gasteiger partial charge on any atom is -0.502 e. The lowest BCUT2D eigenvalue weighted by molar-refractivity contribution is 0.340. The maximum absolute atomic E-state index is 9.91. The van der Waals surface area contributed by atoms with E-state index >= 15 is 0 Å².